The molecule has 1 aliphatic heterocycles. The highest BCUT2D eigenvalue weighted by Crippen LogP contribution is 2.41. The van der Waals surface area contributed by atoms with Crippen molar-refractivity contribution in [3.8, 4) is 22.8 Å². The third kappa shape index (κ3) is 2.95. The van der Waals surface area contributed by atoms with Crippen LogP contribution in [-0.2, 0) is 6.42 Å². The highest BCUT2D eigenvalue weighted by atomic mass is 35.5. The second-order valence-corrected chi connectivity index (χ2v) is 6.86. The first-order valence-electron chi connectivity index (χ1n) is 8.27. The van der Waals surface area contributed by atoms with Gasteiger partial charge in [0.1, 0.15) is 0 Å². The number of hydrogen-bond acceptors (Lipinski definition) is 3. The summed E-state index contributed by atoms with van der Waals surface area (Å²) in [5, 5.41) is 2.19. The summed E-state index contributed by atoms with van der Waals surface area (Å²) in [6.45, 7) is 0.949. The minimum Gasteiger partial charge on any atom is -0.454 e. The van der Waals surface area contributed by atoms with E-state index >= 15 is 0 Å². The number of fused-ring (bicyclic) bond motifs is 2. The van der Waals surface area contributed by atoms with Gasteiger partial charge >= 0.3 is 0 Å². The SMILES string of the molecule is NCCCCc1c(-c2ccc3c(c2)OCO3)[nH]c2c(Cl)c(Cl)ccc12. The molecule has 0 saturated heterocycles. The van der Waals surface area contributed by atoms with Crippen molar-refractivity contribution in [3.05, 3.63) is 45.9 Å². The second-order valence-electron chi connectivity index (χ2n) is 6.08. The van der Waals surface area contributed by atoms with Crippen molar-refractivity contribution < 1.29 is 9.47 Å². The van der Waals surface area contributed by atoms with Crippen molar-refractivity contribution in [1.82, 2.24) is 4.98 Å². The molecule has 0 radical (unpaired) electrons. The first-order chi connectivity index (χ1) is 12.2. The van der Waals surface area contributed by atoms with Gasteiger partial charge in [-0.05, 0) is 55.6 Å². The summed E-state index contributed by atoms with van der Waals surface area (Å²) in [6, 6.07) is 9.82. The number of aryl methyl sites for hydroxylation is 1. The third-order valence-electron chi connectivity index (χ3n) is 4.51. The Balaban J connectivity index is 1.86. The summed E-state index contributed by atoms with van der Waals surface area (Å²) < 4.78 is 10.9. The Morgan fingerprint density at radius 3 is 2.72 bits per heavy atom. The number of nitrogens with two attached hydrogens (primary N) is 1. The number of aromatic amines is 1. The molecule has 25 heavy (non-hydrogen) atoms. The van der Waals surface area contributed by atoms with Gasteiger partial charge < -0.3 is 20.2 Å². The molecule has 4 nitrogen and oxygen atoms in total. The van der Waals surface area contributed by atoms with E-state index in [1.54, 1.807) is 0 Å². The molecule has 4 rings (SSSR count). The fourth-order valence-corrected chi connectivity index (χ4v) is 3.63. The lowest BCUT2D eigenvalue weighted by Gasteiger charge is -2.06. The summed E-state index contributed by atoms with van der Waals surface area (Å²) in [4.78, 5) is 3.46. The second kappa shape index (κ2) is 6.79. The molecule has 1 aromatic heterocycles. The number of benzene rings is 2. The summed E-state index contributed by atoms with van der Waals surface area (Å²) >= 11 is 12.6. The lowest BCUT2D eigenvalue weighted by atomic mass is 10.00. The van der Waals surface area contributed by atoms with Gasteiger partial charge in [0, 0.05) is 16.6 Å². The topological polar surface area (TPSA) is 60.3 Å². The molecular weight excluding hydrogens is 359 g/mol. The normalized spacial score (nSPS) is 12.9. The zero-order chi connectivity index (χ0) is 17.4. The molecule has 0 aliphatic carbocycles. The summed E-state index contributed by atoms with van der Waals surface area (Å²) in [5.41, 5.74) is 9.82. The van der Waals surface area contributed by atoms with E-state index in [9.17, 15) is 0 Å². The standard InChI is InChI=1S/C19H18Cl2N2O2/c20-14-6-5-13-12(3-1-2-8-22)18(23-19(13)17(14)21)11-4-7-15-16(9-11)25-10-24-15/h4-7,9,23H,1-3,8,10,22H2. The first-order valence-corrected chi connectivity index (χ1v) is 9.03. The van der Waals surface area contributed by atoms with E-state index in [1.165, 1.54) is 5.56 Å². The first kappa shape index (κ1) is 16.6. The van der Waals surface area contributed by atoms with Gasteiger partial charge in [0.2, 0.25) is 6.79 Å². The number of unbranched alkanes of at least 4 members (excludes halogenated alkanes) is 1. The van der Waals surface area contributed by atoms with Crippen LogP contribution in [-0.4, -0.2) is 18.3 Å². The van der Waals surface area contributed by atoms with E-state index in [2.05, 4.69) is 4.98 Å². The number of nitrogens with one attached hydrogen (secondary N) is 1. The highest BCUT2D eigenvalue weighted by Gasteiger charge is 2.19. The quantitative estimate of drug-likeness (QED) is 0.605. The Bertz CT molecular complexity index is 937. The molecule has 2 heterocycles. The number of ether oxygens (including phenoxy) is 2. The lowest BCUT2D eigenvalue weighted by Crippen LogP contribution is -1.99. The predicted molar refractivity (Wildman–Crippen MR) is 102 cm³/mol. The molecule has 2 aromatic carbocycles. The molecule has 0 unspecified atom stereocenters. The Kier molecular flexibility index (Phi) is 4.50. The van der Waals surface area contributed by atoms with Crippen LogP contribution < -0.4 is 15.2 Å². The van der Waals surface area contributed by atoms with E-state index in [1.807, 2.05) is 30.3 Å². The van der Waals surface area contributed by atoms with E-state index in [4.69, 9.17) is 38.4 Å². The van der Waals surface area contributed by atoms with Gasteiger partial charge in [0.25, 0.3) is 0 Å². The van der Waals surface area contributed by atoms with Crippen LogP contribution in [0.5, 0.6) is 11.5 Å². The number of rotatable bonds is 5. The number of H-pyrrole nitrogens is 1. The van der Waals surface area contributed by atoms with Gasteiger partial charge in [-0.1, -0.05) is 29.3 Å². The third-order valence-corrected chi connectivity index (χ3v) is 5.32. The maximum absolute atomic E-state index is 6.43. The van der Waals surface area contributed by atoms with E-state index in [-0.39, 0.29) is 6.79 Å². The molecule has 1 aliphatic rings. The Hall–Kier alpha value is -1.88. The van der Waals surface area contributed by atoms with Crippen molar-refractivity contribution >= 4 is 34.1 Å². The Morgan fingerprint density at radius 1 is 1.04 bits per heavy atom. The molecule has 130 valence electrons. The van der Waals surface area contributed by atoms with Crippen LogP contribution in [0.15, 0.2) is 30.3 Å². The van der Waals surface area contributed by atoms with Crippen molar-refractivity contribution in [2.24, 2.45) is 5.73 Å². The van der Waals surface area contributed by atoms with E-state index in [0.29, 0.717) is 16.6 Å². The van der Waals surface area contributed by atoms with Crippen molar-refractivity contribution in [2.45, 2.75) is 19.3 Å². The minimum atomic E-state index is 0.260. The molecule has 0 fully saturated rings. The van der Waals surface area contributed by atoms with Gasteiger partial charge in [-0.15, -0.1) is 0 Å². The zero-order valence-electron chi connectivity index (χ0n) is 13.6. The summed E-state index contributed by atoms with van der Waals surface area (Å²) in [5.74, 6) is 1.53. The van der Waals surface area contributed by atoms with Crippen LogP contribution in [0.25, 0.3) is 22.2 Å². The molecule has 0 amide bonds. The largest absolute Gasteiger partial charge is 0.454 e. The van der Waals surface area contributed by atoms with E-state index in [0.717, 1.165) is 52.9 Å². The van der Waals surface area contributed by atoms with Crippen molar-refractivity contribution in [2.75, 3.05) is 13.3 Å². The number of aromatic nitrogens is 1. The van der Waals surface area contributed by atoms with Crippen LogP contribution in [0.1, 0.15) is 18.4 Å². The smallest absolute Gasteiger partial charge is 0.231 e. The van der Waals surface area contributed by atoms with Crippen LogP contribution in [0.3, 0.4) is 0 Å². The Morgan fingerprint density at radius 2 is 1.88 bits per heavy atom. The molecule has 0 spiro atoms. The van der Waals surface area contributed by atoms with Gasteiger partial charge in [0.05, 0.1) is 15.6 Å². The van der Waals surface area contributed by atoms with Crippen LogP contribution in [0, 0.1) is 0 Å². The molecule has 6 heteroatoms. The number of halogens is 2. The zero-order valence-corrected chi connectivity index (χ0v) is 15.1. The molecular formula is C19H18Cl2N2O2. The van der Waals surface area contributed by atoms with Crippen LogP contribution in [0.4, 0.5) is 0 Å². The van der Waals surface area contributed by atoms with E-state index < -0.39 is 0 Å². The predicted octanol–water partition coefficient (Wildman–Crippen LogP) is 5.15. The van der Waals surface area contributed by atoms with Gasteiger partial charge in [-0.2, -0.15) is 0 Å². The maximum Gasteiger partial charge on any atom is 0.231 e. The van der Waals surface area contributed by atoms with Gasteiger partial charge in [-0.3, -0.25) is 0 Å². The monoisotopic (exact) mass is 376 g/mol. The number of hydrogen-bond donors (Lipinski definition) is 2. The van der Waals surface area contributed by atoms with Crippen molar-refractivity contribution in [1.29, 1.82) is 0 Å². The van der Waals surface area contributed by atoms with Crippen LogP contribution >= 0.6 is 23.2 Å². The molecule has 3 aromatic rings. The summed E-state index contributed by atoms with van der Waals surface area (Å²) in [6.07, 6.45) is 2.91. The lowest BCUT2D eigenvalue weighted by molar-refractivity contribution is 0.174. The maximum atomic E-state index is 6.43. The van der Waals surface area contributed by atoms with Crippen molar-refractivity contribution in [3.63, 3.8) is 0 Å². The van der Waals surface area contributed by atoms with Gasteiger partial charge in [0.15, 0.2) is 11.5 Å². The highest BCUT2D eigenvalue weighted by molar-refractivity contribution is 6.45. The molecule has 0 bridgehead atoms. The molecule has 0 saturated carbocycles. The molecule has 0 atom stereocenters. The van der Waals surface area contributed by atoms with Gasteiger partial charge in [-0.25, -0.2) is 0 Å². The minimum absolute atomic E-state index is 0.260. The van der Waals surface area contributed by atoms with Crippen LogP contribution in [0.2, 0.25) is 10.0 Å². The molecule has 3 N–H and O–H groups in total. The Labute approximate surface area is 155 Å². The average Bonchev–Trinajstić information content (AvgIpc) is 3.22. The fraction of sp³-hybridized carbons (Fsp3) is 0.263. The summed E-state index contributed by atoms with van der Waals surface area (Å²) in [7, 11) is 0. The average molecular weight is 377 g/mol. The fourth-order valence-electron chi connectivity index (χ4n) is 3.26.